The van der Waals surface area contributed by atoms with Gasteiger partial charge in [0.05, 0.1) is 21.7 Å². The summed E-state index contributed by atoms with van der Waals surface area (Å²) in [5, 5.41) is 2.06. The highest BCUT2D eigenvalue weighted by molar-refractivity contribution is 7.96. The van der Waals surface area contributed by atoms with Crippen LogP contribution in [0.5, 0.6) is 0 Å². The molecule has 1 aromatic rings. The van der Waals surface area contributed by atoms with Gasteiger partial charge in [-0.05, 0) is 43.7 Å². The van der Waals surface area contributed by atoms with E-state index in [1.165, 1.54) is 13.0 Å². The number of nitrogens with one attached hydrogen (secondary N) is 1. The monoisotopic (exact) mass is 377 g/mol. The Hall–Kier alpha value is -0.990. The van der Waals surface area contributed by atoms with Gasteiger partial charge in [-0.3, -0.25) is 0 Å². The summed E-state index contributed by atoms with van der Waals surface area (Å²) < 4.78 is 63.1. The lowest BCUT2D eigenvalue weighted by Crippen LogP contribution is -2.43. The first-order chi connectivity index (χ1) is 11.2. The van der Waals surface area contributed by atoms with Gasteiger partial charge in [0, 0.05) is 6.04 Å². The van der Waals surface area contributed by atoms with E-state index in [1.54, 1.807) is 0 Å². The maximum atomic E-state index is 13.2. The van der Waals surface area contributed by atoms with Gasteiger partial charge in [0.1, 0.15) is 5.82 Å². The lowest BCUT2D eigenvalue weighted by atomic mass is 10.2. The minimum absolute atomic E-state index is 0.00589. The van der Waals surface area contributed by atoms with Gasteiger partial charge in [-0.15, -0.1) is 0 Å². The number of rotatable bonds is 7. The molecule has 0 radical (unpaired) electrons. The van der Waals surface area contributed by atoms with Crippen LogP contribution in [0.15, 0.2) is 23.1 Å². The number of halogens is 1. The zero-order valence-electron chi connectivity index (χ0n) is 14.0. The van der Waals surface area contributed by atoms with Gasteiger partial charge in [-0.2, -0.15) is 0 Å². The minimum Gasteiger partial charge on any atom is -0.312 e. The van der Waals surface area contributed by atoms with E-state index in [2.05, 4.69) is 12.2 Å². The van der Waals surface area contributed by atoms with Crippen molar-refractivity contribution in [3.05, 3.63) is 29.6 Å². The number of hydrogen-bond donors (Lipinski definition) is 1. The number of sulfone groups is 2. The Morgan fingerprint density at radius 3 is 2.58 bits per heavy atom. The third kappa shape index (κ3) is 4.34. The Balaban J connectivity index is 2.28. The normalized spacial score (nSPS) is 23.5. The van der Waals surface area contributed by atoms with Crippen molar-refractivity contribution in [2.45, 2.75) is 49.3 Å². The van der Waals surface area contributed by atoms with Crippen LogP contribution in [-0.2, 0) is 19.7 Å². The molecule has 1 aliphatic heterocycles. The van der Waals surface area contributed by atoms with Crippen LogP contribution in [0, 0.1) is 12.7 Å². The van der Waals surface area contributed by atoms with E-state index in [-0.39, 0.29) is 10.6 Å². The molecule has 2 atom stereocenters. The molecule has 0 saturated carbocycles. The summed E-state index contributed by atoms with van der Waals surface area (Å²) in [4.78, 5) is 0.00589. The largest absolute Gasteiger partial charge is 0.312 e. The molecule has 1 heterocycles. The fourth-order valence-corrected chi connectivity index (χ4v) is 8.01. The SMILES string of the molecule is CCCCCN[C@H]1CS(=O)(=O)C[C@@H]1S(=O)(=O)c1ccc(F)cc1C. The maximum Gasteiger partial charge on any atom is 0.184 e. The first-order valence-electron chi connectivity index (χ1n) is 8.11. The smallest absolute Gasteiger partial charge is 0.184 e. The average molecular weight is 378 g/mol. The molecule has 1 aliphatic rings. The molecule has 5 nitrogen and oxygen atoms in total. The van der Waals surface area contributed by atoms with E-state index in [9.17, 15) is 21.2 Å². The summed E-state index contributed by atoms with van der Waals surface area (Å²) in [6.45, 7) is 4.16. The zero-order chi connectivity index (χ0) is 18.0. The van der Waals surface area contributed by atoms with E-state index >= 15 is 0 Å². The molecular weight excluding hydrogens is 353 g/mol. The summed E-state index contributed by atoms with van der Waals surface area (Å²) in [5.74, 6) is -1.08. The van der Waals surface area contributed by atoms with Crippen LogP contribution in [-0.4, -0.2) is 46.2 Å². The molecule has 2 rings (SSSR count). The quantitative estimate of drug-likeness (QED) is 0.579. The van der Waals surface area contributed by atoms with E-state index in [1.807, 2.05) is 0 Å². The number of benzene rings is 1. The van der Waals surface area contributed by atoms with E-state index < -0.39 is 42.5 Å². The zero-order valence-corrected chi connectivity index (χ0v) is 15.6. The summed E-state index contributed by atoms with van der Waals surface area (Å²) in [6.07, 6.45) is 2.90. The second-order valence-electron chi connectivity index (χ2n) is 6.34. The number of aryl methyl sites for hydroxylation is 1. The van der Waals surface area contributed by atoms with Crippen molar-refractivity contribution < 1.29 is 21.2 Å². The van der Waals surface area contributed by atoms with Crippen molar-refractivity contribution in [1.29, 1.82) is 0 Å². The fraction of sp³-hybridized carbons (Fsp3) is 0.625. The second-order valence-corrected chi connectivity index (χ2v) is 10.6. The topological polar surface area (TPSA) is 80.3 Å². The molecular formula is C16H24FNO4S2. The Labute approximate surface area is 143 Å². The van der Waals surface area contributed by atoms with Crippen LogP contribution < -0.4 is 5.32 Å². The van der Waals surface area contributed by atoms with Gasteiger partial charge in [0.2, 0.25) is 0 Å². The van der Waals surface area contributed by atoms with Crippen molar-refractivity contribution in [3.8, 4) is 0 Å². The van der Waals surface area contributed by atoms with Crippen LogP contribution in [0.3, 0.4) is 0 Å². The molecule has 24 heavy (non-hydrogen) atoms. The molecule has 1 saturated heterocycles. The maximum absolute atomic E-state index is 13.2. The van der Waals surface area contributed by atoms with Crippen molar-refractivity contribution >= 4 is 19.7 Å². The van der Waals surface area contributed by atoms with Gasteiger partial charge in [-0.1, -0.05) is 19.8 Å². The third-order valence-corrected chi connectivity index (χ3v) is 8.64. The first kappa shape index (κ1) is 19.3. The van der Waals surface area contributed by atoms with Crippen LogP contribution in [0.1, 0.15) is 31.7 Å². The number of unbranched alkanes of at least 4 members (excludes halogenated alkanes) is 2. The van der Waals surface area contributed by atoms with Gasteiger partial charge >= 0.3 is 0 Å². The molecule has 0 bridgehead atoms. The van der Waals surface area contributed by atoms with Gasteiger partial charge in [0.15, 0.2) is 19.7 Å². The summed E-state index contributed by atoms with van der Waals surface area (Å²) in [5.41, 5.74) is 0.295. The van der Waals surface area contributed by atoms with Crippen molar-refractivity contribution in [1.82, 2.24) is 5.32 Å². The van der Waals surface area contributed by atoms with E-state index in [0.717, 1.165) is 31.4 Å². The summed E-state index contributed by atoms with van der Waals surface area (Å²) in [6, 6.07) is 2.84. The predicted octanol–water partition coefficient (Wildman–Crippen LogP) is 1.85. The van der Waals surface area contributed by atoms with Gasteiger partial charge in [0.25, 0.3) is 0 Å². The van der Waals surface area contributed by atoms with Gasteiger partial charge < -0.3 is 5.32 Å². The van der Waals surface area contributed by atoms with E-state index in [4.69, 9.17) is 0 Å². The standard InChI is InChI=1S/C16H24FNO4S2/c1-3-4-5-8-18-14-10-23(19,20)11-16(14)24(21,22)15-7-6-13(17)9-12(15)2/h6-7,9,14,16,18H,3-5,8,10-11H2,1-2H3/t14-,16-/m0/s1. The van der Waals surface area contributed by atoms with Gasteiger partial charge in [-0.25, -0.2) is 21.2 Å². The first-order valence-corrected chi connectivity index (χ1v) is 11.5. The lowest BCUT2D eigenvalue weighted by molar-refractivity contribution is 0.512. The third-order valence-electron chi connectivity index (χ3n) is 4.33. The predicted molar refractivity (Wildman–Crippen MR) is 92.1 cm³/mol. The molecule has 1 aromatic carbocycles. The molecule has 1 N–H and O–H groups in total. The Kier molecular flexibility index (Phi) is 6.04. The molecule has 136 valence electrons. The highest BCUT2D eigenvalue weighted by Crippen LogP contribution is 2.28. The van der Waals surface area contributed by atoms with Crippen molar-refractivity contribution in [3.63, 3.8) is 0 Å². The van der Waals surface area contributed by atoms with E-state index in [0.29, 0.717) is 12.1 Å². The molecule has 0 unspecified atom stereocenters. The van der Waals surface area contributed by atoms with Crippen LogP contribution >= 0.6 is 0 Å². The van der Waals surface area contributed by atoms with Crippen molar-refractivity contribution in [2.75, 3.05) is 18.1 Å². The molecule has 8 heteroatoms. The highest BCUT2D eigenvalue weighted by atomic mass is 32.2. The van der Waals surface area contributed by atoms with Crippen LogP contribution in [0.2, 0.25) is 0 Å². The molecule has 0 aromatic heterocycles. The minimum atomic E-state index is -3.86. The highest BCUT2D eigenvalue weighted by Gasteiger charge is 2.45. The molecule has 0 aliphatic carbocycles. The Morgan fingerprint density at radius 2 is 1.96 bits per heavy atom. The number of hydrogen-bond acceptors (Lipinski definition) is 5. The second kappa shape index (κ2) is 7.49. The molecule has 1 fully saturated rings. The Bertz CT molecular complexity index is 790. The van der Waals surface area contributed by atoms with Crippen molar-refractivity contribution in [2.24, 2.45) is 0 Å². The average Bonchev–Trinajstić information content (AvgIpc) is 2.79. The molecule has 0 spiro atoms. The van der Waals surface area contributed by atoms with Crippen LogP contribution in [0.25, 0.3) is 0 Å². The lowest BCUT2D eigenvalue weighted by Gasteiger charge is -2.21. The molecule has 0 amide bonds. The Morgan fingerprint density at radius 1 is 1.25 bits per heavy atom. The van der Waals surface area contributed by atoms with Crippen LogP contribution in [0.4, 0.5) is 4.39 Å². The summed E-state index contributed by atoms with van der Waals surface area (Å²) >= 11 is 0. The summed E-state index contributed by atoms with van der Waals surface area (Å²) in [7, 11) is -7.27. The fourth-order valence-electron chi connectivity index (χ4n) is 3.07.